The lowest BCUT2D eigenvalue weighted by atomic mass is 10.0. The Bertz CT molecular complexity index is 200. The van der Waals surface area contributed by atoms with E-state index in [4.69, 9.17) is 0 Å². The molecule has 0 aromatic carbocycles. The van der Waals surface area contributed by atoms with Gasteiger partial charge in [0.05, 0.1) is 0 Å². The predicted octanol–water partition coefficient (Wildman–Crippen LogP) is 8.74. The highest BCUT2D eigenvalue weighted by Gasteiger charge is 1.96. The maximum Gasteiger partial charge on any atom is -0.00116 e. The molecule has 1 heteroatoms. The average Bonchev–Trinajstić information content (AvgIpc) is 2.53. The van der Waals surface area contributed by atoms with Crippen molar-refractivity contribution in [3.05, 3.63) is 0 Å². The van der Waals surface area contributed by atoms with Crippen LogP contribution >= 0.6 is 12.6 Å². The van der Waals surface area contributed by atoms with Gasteiger partial charge in [-0.05, 0) is 11.7 Å². The Morgan fingerprint density at radius 1 is 0.478 bits per heavy atom. The Morgan fingerprint density at radius 3 is 1.00 bits per heavy atom. The molecule has 1 unspecified atom stereocenters. The van der Waals surface area contributed by atoms with Gasteiger partial charge in [-0.2, -0.15) is 12.6 Å². The van der Waals surface area contributed by atoms with Crippen LogP contribution in [-0.2, 0) is 0 Å². The molecule has 0 aliphatic heterocycles. The molecule has 23 heavy (non-hydrogen) atoms. The molecule has 0 N–H and O–H groups in total. The molecule has 0 rings (SSSR count). The third-order valence-electron chi connectivity index (χ3n) is 4.98. The number of rotatable bonds is 19. The van der Waals surface area contributed by atoms with Crippen LogP contribution in [0.5, 0.6) is 0 Å². The maximum absolute atomic E-state index is 4.43. The van der Waals surface area contributed by atoms with Crippen molar-refractivity contribution in [3.63, 3.8) is 0 Å². The van der Waals surface area contributed by atoms with Gasteiger partial charge in [-0.1, -0.05) is 129 Å². The van der Waals surface area contributed by atoms with Crippen LogP contribution in [0.25, 0.3) is 0 Å². The molecule has 0 nitrogen and oxygen atoms in total. The largest absolute Gasteiger partial charge is 0.176 e. The Kier molecular flexibility index (Phi) is 20.7. The number of unbranched alkanes of at least 4 members (excludes halogenated alkanes) is 17. The van der Waals surface area contributed by atoms with Crippen LogP contribution in [0.15, 0.2) is 0 Å². The van der Waals surface area contributed by atoms with E-state index in [1.807, 2.05) is 0 Å². The first-order valence-electron chi connectivity index (χ1n) is 11.0. The lowest BCUT2D eigenvalue weighted by Gasteiger charge is -2.04. The summed E-state index contributed by atoms with van der Waals surface area (Å²) in [6.45, 7) is 4.50. The zero-order chi connectivity index (χ0) is 17.0. The van der Waals surface area contributed by atoms with Crippen molar-refractivity contribution in [3.8, 4) is 0 Å². The van der Waals surface area contributed by atoms with E-state index in [9.17, 15) is 0 Å². The lowest BCUT2D eigenvalue weighted by Crippen LogP contribution is -1.90. The molecule has 0 amide bonds. The first-order valence-corrected chi connectivity index (χ1v) is 11.5. The van der Waals surface area contributed by atoms with Crippen molar-refractivity contribution < 1.29 is 0 Å². The van der Waals surface area contributed by atoms with E-state index in [2.05, 4.69) is 26.5 Å². The van der Waals surface area contributed by atoms with E-state index in [-0.39, 0.29) is 0 Å². The monoisotopic (exact) mass is 342 g/mol. The first kappa shape index (κ1) is 23.4. The zero-order valence-corrected chi connectivity index (χ0v) is 17.4. The van der Waals surface area contributed by atoms with E-state index in [1.54, 1.807) is 0 Å². The van der Waals surface area contributed by atoms with Gasteiger partial charge in [0.25, 0.3) is 0 Å². The highest BCUT2D eigenvalue weighted by Crippen LogP contribution is 2.15. The van der Waals surface area contributed by atoms with Crippen LogP contribution in [0.3, 0.4) is 0 Å². The van der Waals surface area contributed by atoms with E-state index in [0.717, 1.165) is 0 Å². The quantitative estimate of drug-likeness (QED) is 0.176. The van der Waals surface area contributed by atoms with Gasteiger partial charge >= 0.3 is 0 Å². The number of hydrogen-bond donors (Lipinski definition) is 1. The van der Waals surface area contributed by atoms with E-state index >= 15 is 0 Å². The molecule has 1 atom stereocenters. The third kappa shape index (κ3) is 22.4. The fraction of sp³-hybridized carbons (Fsp3) is 1.00. The molecule has 0 aromatic heterocycles. The molecular formula is C22H46S. The summed E-state index contributed by atoms with van der Waals surface area (Å²) < 4.78 is 0. The van der Waals surface area contributed by atoms with E-state index in [1.165, 1.54) is 122 Å². The molecule has 0 radical (unpaired) electrons. The van der Waals surface area contributed by atoms with Gasteiger partial charge in [0.1, 0.15) is 0 Å². The summed E-state index contributed by atoms with van der Waals surface area (Å²) in [5.41, 5.74) is 0. The molecule has 0 aliphatic carbocycles. The summed E-state index contributed by atoms with van der Waals surface area (Å²) in [6, 6.07) is 0. The first-order chi connectivity index (χ1) is 11.3. The van der Waals surface area contributed by atoms with E-state index in [0.29, 0.717) is 5.25 Å². The van der Waals surface area contributed by atoms with Gasteiger partial charge in [0.2, 0.25) is 0 Å². The van der Waals surface area contributed by atoms with Crippen molar-refractivity contribution in [2.75, 3.05) is 0 Å². The van der Waals surface area contributed by atoms with Gasteiger partial charge in [-0.15, -0.1) is 0 Å². The second kappa shape index (κ2) is 20.4. The highest BCUT2D eigenvalue weighted by molar-refractivity contribution is 7.80. The highest BCUT2D eigenvalue weighted by atomic mass is 32.1. The fourth-order valence-electron chi connectivity index (χ4n) is 3.34. The van der Waals surface area contributed by atoms with Crippen molar-refractivity contribution in [2.24, 2.45) is 0 Å². The lowest BCUT2D eigenvalue weighted by molar-refractivity contribution is 0.523. The Balaban J connectivity index is 2.95. The molecule has 0 fully saturated rings. The van der Waals surface area contributed by atoms with Gasteiger partial charge in [-0.3, -0.25) is 0 Å². The molecule has 140 valence electrons. The van der Waals surface area contributed by atoms with Crippen LogP contribution in [0, 0.1) is 0 Å². The molecule has 0 saturated carbocycles. The smallest absolute Gasteiger partial charge is 0.00116 e. The zero-order valence-electron chi connectivity index (χ0n) is 16.5. The molecule has 0 aromatic rings. The minimum Gasteiger partial charge on any atom is -0.176 e. The van der Waals surface area contributed by atoms with Crippen molar-refractivity contribution in [1.82, 2.24) is 0 Å². The van der Waals surface area contributed by atoms with Gasteiger partial charge in [-0.25, -0.2) is 0 Å². The normalized spacial score (nSPS) is 12.7. The summed E-state index contributed by atoms with van der Waals surface area (Å²) in [7, 11) is 0. The van der Waals surface area contributed by atoms with Crippen molar-refractivity contribution in [2.45, 2.75) is 141 Å². The summed E-state index contributed by atoms with van der Waals surface area (Å²) in [4.78, 5) is 0. The second-order valence-electron chi connectivity index (χ2n) is 7.65. The minimum absolute atomic E-state index is 0.594. The van der Waals surface area contributed by atoms with Crippen LogP contribution in [0.4, 0.5) is 0 Å². The standard InChI is InChI=1S/C22H46S/c1-3-4-5-6-7-8-9-10-11-12-13-14-15-16-17-18-19-20-21-22(2)23/h22-23H,3-21H2,1-2H3. The molecule has 0 heterocycles. The summed E-state index contributed by atoms with van der Waals surface area (Å²) in [6.07, 6.45) is 27.5. The fourth-order valence-corrected chi connectivity index (χ4v) is 3.52. The minimum atomic E-state index is 0.594. The number of hydrogen-bond acceptors (Lipinski definition) is 1. The Labute approximate surface area is 154 Å². The molecule has 0 saturated heterocycles. The summed E-state index contributed by atoms with van der Waals surface area (Å²) >= 11 is 4.43. The molecular weight excluding hydrogens is 296 g/mol. The average molecular weight is 343 g/mol. The summed E-state index contributed by atoms with van der Waals surface area (Å²) in [5.74, 6) is 0. The SMILES string of the molecule is CCCCCCCCCCCCCCCCCCCCC(C)S. The van der Waals surface area contributed by atoms with Crippen molar-refractivity contribution in [1.29, 1.82) is 0 Å². The molecule has 0 bridgehead atoms. The maximum atomic E-state index is 4.43. The van der Waals surface area contributed by atoms with Crippen LogP contribution in [0.1, 0.15) is 136 Å². The summed E-state index contributed by atoms with van der Waals surface area (Å²) in [5, 5.41) is 0.594. The van der Waals surface area contributed by atoms with E-state index < -0.39 is 0 Å². The van der Waals surface area contributed by atoms with Crippen molar-refractivity contribution >= 4 is 12.6 Å². The predicted molar refractivity (Wildman–Crippen MR) is 112 cm³/mol. The van der Waals surface area contributed by atoms with Crippen LogP contribution in [-0.4, -0.2) is 5.25 Å². The van der Waals surface area contributed by atoms with Crippen LogP contribution in [0.2, 0.25) is 0 Å². The molecule has 0 spiro atoms. The van der Waals surface area contributed by atoms with Crippen LogP contribution < -0.4 is 0 Å². The topological polar surface area (TPSA) is 0 Å². The van der Waals surface area contributed by atoms with Gasteiger partial charge in [0, 0.05) is 0 Å². The molecule has 0 aliphatic rings. The Hall–Kier alpha value is 0.350. The Morgan fingerprint density at radius 2 is 0.739 bits per heavy atom. The third-order valence-corrected chi connectivity index (χ3v) is 5.23. The van der Waals surface area contributed by atoms with Gasteiger partial charge < -0.3 is 0 Å². The second-order valence-corrected chi connectivity index (χ2v) is 8.53. The van der Waals surface area contributed by atoms with Gasteiger partial charge in [0.15, 0.2) is 0 Å². The number of thiol groups is 1.